The Morgan fingerprint density at radius 1 is 1.33 bits per heavy atom. The van der Waals surface area contributed by atoms with Crippen LogP contribution in [0.15, 0.2) is 0 Å². The lowest BCUT2D eigenvalue weighted by atomic mass is 9.74. The van der Waals surface area contributed by atoms with Gasteiger partial charge in [0.05, 0.1) is 6.10 Å². The number of carbonyl (C=O) groups excluding carboxylic acids is 1. The van der Waals surface area contributed by atoms with Crippen molar-refractivity contribution >= 4 is 5.91 Å². The minimum Gasteiger partial charge on any atom is -0.353 e. The van der Waals surface area contributed by atoms with Gasteiger partial charge in [0, 0.05) is 18.4 Å². The third-order valence-corrected chi connectivity index (χ3v) is 4.25. The number of hydrogen-bond donors (Lipinski definition) is 0. The van der Waals surface area contributed by atoms with Crippen LogP contribution in [0.2, 0.25) is 0 Å². The van der Waals surface area contributed by atoms with Gasteiger partial charge < -0.3 is 9.64 Å². The average Bonchev–Trinajstić information content (AvgIpc) is 2.13. The van der Waals surface area contributed by atoms with Gasteiger partial charge in [-0.05, 0) is 26.7 Å². The summed E-state index contributed by atoms with van der Waals surface area (Å²) in [5, 5.41) is 0. The number of rotatable bonds is 0. The maximum absolute atomic E-state index is 11.6. The maximum Gasteiger partial charge on any atom is 0.227 e. The summed E-state index contributed by atoms with van der Waals surface area (Å²) in [4.78, 5) is 13.6. The Kier molecular flexibility index (Phi) is 1.91. The van der Waals surface area contributed by atoms with E-state index in [4.69, 9.17) is 4.74 Å². The first-order valence-corrected chi connectivity index (χ1v) is 6.09. The fourth-order valence-corrected chi connectivity index (χ4v) is 3.62. The molecular formula is C12H19NO2. The van der Waals surface area contributed by atoms with E-state index >= 15 is 0 Å². The summed E-state index contributed by atoms with van der Waals surface area (Å²) in [6, 6.07) is 0.478. The molecule has 0 aromatic carbocycles. The van der Waals surface area contributed by atoms with Crippen molar-refractivity contribution in [3.05, 3.63) is 0 Å². The van der Waals surface area contributed by atoms with E-state index in [1.54, 1.807) is 0 Å². The topological polar surface area (TPSA) is 29.5 Å². The van der Waals surface area contributed by atoms with Gasteiger partial charge in [0.25, 0.3) is 0 Å². The van der Waals surface area contributed by atoms with Crippen LogP contribution in [0.4, 0.5) is 0 Å². The molecule has 3 heteroatoms. The van der Waals surface area contributed by atoms with Crippen LogP contribution >= 0.6 is 0 Å². The van der Waals surface area contributed by atoms with Gasteiger partial charge in [-0.15, -0.1) is 0 Å². The van der Waals surface area contributed by atoms with Gasteiger partial charge in [-0.25, -0.2) is 0 Å². The van der Waals surface area contributed by atoms with Crippen molar-refractivity contribution in [2.24, 2.45) is 5.92 Å². The molecule has 3 rings (SSSR count). The highest BCUT2D eigenvalue weighted by Crippen LogP contribution is 2.46. The van der Waals surface area contributed by atoms with E-state index in [0.717, 1.165) is 6.42 Å². The molecule has 0 bridgehead atoms. The van der Waals surface area contributed by atoms with Crippen molar-refractivity contribution in [3.8, 4) is 0 Å². The molecule has 0 aromatic heterocycles. The van der Waals surface area contributed by atoms with Crippen LogP contribution in [-0.2, 0) is 9.53 Å². The van der Waals surface area contributed by atoms with E-state index in [-0.39, 0.29) is 11.6 Å². The molecule has 84 valence electrons. The predicted molar refractivity (Wildman–Crippen MR) is 56.2 cm³/mol. The summed E-state index contributed by atoms with van der Waals surface area (Å²) in [6.07, 6.45) is 6.19. The predicted octanol–water partition coefficient (Wildman–Crippen LogP) is 1.91. The molecule has 0 spiro atoms. The highest BCUT2D eigenvalue weighted by Gasteiger charge is 2.56. The molecule has 0 radical (unpaired) electrons. The van der Waals surface area contributed by atoms with Crippen LogP contribution < -0.4 is 0 Å². The second-order valence-corrected chi connectivity index (χ2v) is 5.59. The van der Waals surface area contributed by atoms with Crippen molar-refractivity contribution in [2.75, 3.05) is 0 Å². The second kappa shape index (κ2) is 2.97. The van der Waals surface area contributed by atoms with E-state index in [2.05, 4.69) is 0 Å². The van der Waals surface area contributed by atoms with Crippen molar-refractivity contribution in [1.82, 2.24) is 4.90 Å². The quantitative estimate of drug-likeness (QED) is 0.570. The number of ether oxygens (including phenoxy) is 1. The fraction of sp³-hybridized carbons (Fsp3) is 0.917. The van der Waals surface area contributed by atoms with Gasteiger partial charge in [-0.2, -0.15) is 0 Å². The largest absolute Gasteiger partial charge is 0.353 e. The molecule has 3 nitrogen and oxygen atoms in total. The lowest BCUT2D eigenvalue weighted by Gasteiger charge is -2.60. The molecule has 1 saturated carbocycles. The Balaban J connectivity index is 1.87. The highest BCUT2D eigenvalue weighted by atomic mass is 16.5. The van der Waals surface area contributed by atoms with Crippen LogP contribution in [0.5, 0.6) is 0 Å². The number of amides is 1. The fourth-order valence-electron chi connectivity index (χ4n) is 3.62. The number of fused-ring (bicyclic) bond motifs is 3. The molecule has 0 unspecified atom stereocenters. The Labute approximate surface area is 90.8 Å². The Morgan fingerprint density at radius 3 is 2.80 bits per heavy atom. The Hall–Kier alpha value is -0.570. The maximum atomic E-state index is 11.6. The molecule has 3 atom stereocenters. The third-order valence-electron chi connectivity index (χ3n) is 4.25. The summed E-state index contributed by atoms with van der Waals surface area (Å²) in [5.74, 6) is 0.887. The molecule has 2 heterocycles. The molecule has 15 heavy (non-hydrogen) atoms. The molecule has 3 aliphatic rings. The molecule has 2 saturated heterocycles. The highest BCUT2D eigenvalue weighted by molar-refractivity contribution is 5.84. The van der Waals surface area contributed by atoms with Crippen LogP contribution in [0.3, 0.4) is 0 Å². The van der Waals surface area contributed by atoms with Crippen molar-refractivity contribution in [1.29, 1.82) is 0 Å². The molecule has 0 N–H and O–H groups in total. The van der Waals surface area contributed by atoms with Crippen LogP contribution in [-0.4, -0.2) is 28.7 Å². The minimum atomic E-state index is -0.363. The molecule has 3 fully saturated rings. The average molecular weight is 209 g/mol. The molecular weight excluding hydrogens is 190 g/mol. The first-order chi connectivity index (χ1) is 7.09. The normalized spacial score (nSPS) is 42.9. The van der Waals surface area contributed by atoms with Gasteiger partial charge in [-0.3, -0.25) is 4.79 Å². The van der Waals surface area contributed by atoms with E-state index in [9.17, 15) is 4.79 Å². The van der Waals surface area contributed by atoms with Crippen LogP contribution in [0.25, 0.3) is 0 Å². The summed E-state index contributed by atoms with van der Waals surface area (Å²) in [5.41, 5.74) is -0.363. The van der Waals surface area contributed by atoms with Gasteiger partial charge in [0.15, 0.2) is 0 Å². The summed E-state index contributed by atoms with van der Waals surface area (Å²) < 4.78 is 6.09. The summed E-state index contributed by atoms with van der Waals surface area (Å²) >= 11 is 0. The number of hydrogen-bond acceptors (Lipinski definition) is 2. The zero-order chi connectivity index (χ0) is 10.6. The van der Waals surface area contributed by atoms with Gasteiger partial charge in [0.2, 0.25) is 5.91 Å². The SMILES string of the molecule is CC1(C)O[C@@H]2CCCC[C@@H]2[C@@H]2CC(=O)N21. The summed E-state index contributed by atoms with van der Waals surface area (Å²) in [6.45, 7) is 4.06. The number of nitrogens with zero attached hydrogens (tertiary/aromatic N) is 1. The van der Waals surface area contributed by atoms with Crippen molar-refractivity contribution in [3.63, 3.8) is 0 Å². The minimum absolute atomic E-state index is 0.272. The van der Waals surface area contributed by atoms with Crippen LogP contribution in [0.1, 0.15) is 46.0 Å². The molecule has 1 aliphatic carbocycles. The van der Waals surface area contributed by atoms with Crippen molar-refractivity contribution in [2.45, 2.75) is 63.8 Å². The standard InChI is InChI=1S/C12H19NO2/c1-12(2)13-9(7-11(13)14)8-5-3-4-6-10(8)15-12/h8-10H,3-7H2,1-2H3/t8-,9+,10-/m1/s1. The molecule has 0 aromatic rings. The van der Waals surface area contributed by atoms with Crippen LogP contribution in [0, 0.1) is 5.92 Å². The van der Waals surface area contributed by atoms with E-state index in [1.165, 1.54) is 25.7 Å². The summed E-state index contributed by atoms with van der Waals surface area (Å²) in [7, 11) is 0. The smallest absolute Gasteiger partial charge is 0.227 e. The van der Waals surface area contributed by atoms with Gasteiger partial charge >= 0.3 is 0 Å². The first-order valence-electron chi connectivity index (χ1n) is 6.09. The van der Waals surface area contributed by atoms with Crippen molar-refractivity contribution < 1.29 is 9.53 Å². The zero-order valence-electron chi connectivity index (χ0n) is 9.53. The van der Waals surface area contributed by atoms with Gasteiger partial charge in [-0.1, -0.05) is 12.8 Å². The monoisotopic (exact) mass is 209 g/mol. The third kappa shape index (κ3) is 1.25. The lowest BCUT2D eigenvalue weighted by molar-refractivity contribution is -0.267. The van der Waals surface area contributed by atoms with E-state index < -0.39 is 0 Å². The van der Waals surface area contributed by atoms with E-state index in [1.807, 2.05) is 18.7 Å². The molecule has 1 amide bonds. The lowest BCUT2D eigenvalue weighted by Crippen LogP contribution is -2.71. The Bertz CT molecular complexity index is 300. The van der Waals surface area contributed by atoms with Gasteiger partial charge in [0.1, 0.15) is 5.72 Å². The number of β-lactam (4-membered cyclic amide) rings is 1. The molecule has 2 aliphatic heterocycles. The first kappa shape index (κ1) is 9.64. The van der Waals surface area contributed by atoms with E-state index in [0.29, 0.717) is 18.1 Å². The zero-order valence-corrected chi connectivity index (χ0v) is 9.53. The Morgan fingerprint density at radius 2 is 2.07 bits per heavy atom. The number of carbonyl (C=O) groups is 1. The second-order valence-electron chi connectivity index (χ2n) is 5.59.